The molecule has 27 heavy (non-hydrogen) atoms. The number of ether oxygens (including phenoxy) is 1. The van der Waals surface area contributed by atoms with Crippen LogP contribution in [0.25, 0.3) is 0 Å². The highest BCUT2D eigenvalue weighted by Gasteiger charge is 2.48. The minimum Gasteiger partial charge on any atom is -0.457 e. The molecule has 4 N–H and O–H groups in total. The van der Waals surface area contributed by atoms with Crippen molar-refractivity contribution in [3.05, 3.63) is 50.6 Å². The number of anilines is 1. The van der Waals surface area contributed by atoms with Crippen LogP contribution in [0.2, 0.25) is 10.0 Å². The van der Waals surface area contributed by atoms with Crippen LogP contribution in [0.15, 0.2) is 18.2 Å². The highest BCUT2D eigenvalue weighted by Crippen LogP contribution is 2.51. The van der Waals surface area contributed by atoms with Gasteiger partial charge in [0.05, 0.1) is 10.0 Å². The molecule has 4 atom stereocenters. The summed E-state index contributed by atoms with van der Waals surface area (Å²) in [4.78, 5) is 4.88. The first kappa shape index (κ1) is 17.6. The topological polar surface area (TPSA) is 72.2 Å². The van der Waals surface area contributed by atoms with Gasteiger partial charge in [0, 0.05) is 34.8 Å². The van der Waals surface area contributed by atoms with Crippen molar-refractivity contribution in [1.82, 2.24) is 15.8 Å². The zero-order valence-electron chi connectivity index (χ0n) is 15.1. The highest BCUT2D eigenvalue weighted by molar-refractivity contribution is 6.42. The Bertz CT molecular complexity index is 919. The number of rotatable bonds is 1. The Morgan fingerprint density at radius 3 is 2.85 bits per heavy atom. The number of hydrogen-bond acceptors (Lipinski definition) is 5. The number of nitrogens with one attached hydrogen (secondary N) is 2. The number of nitrogens with zero attached hydrogens (tertiary/aromatic N) is 1. The normalized spacial score (nSPS) is 28.9. The van der Waals surface area contributed by atoms with Crippen molar-refractivity contribution in [2.24, 2.45) is 5.92 Å². The molecule has 1 aliphatic carbocycles. The van der Waals surface area contributed by atoms with Gasteiger partial charge in [-0.1, -0.05) is 35.3 Å². The zero-order valence-corrected chi connectivity index (χ0v) is 16.6. The van der Waals surface area contributed by atoms with E-state index in [4.69, 9.17) is 38.7 Å². The van der Waals surface area contributed by atoms with Gasteiger partial charge in [0.2, 0.25) is 5.88 Å². The molecule has 5 rings (SSSR count). The molecule has 4 unspecified atom stereocenters. The van der Waals surface area contributed by atoms with Crippen LogP contribution in [0.1, 0.15) is 48.1 Å². The SMILES string of the molecule is CC1NNC2Oc3nc4c(c(N)c3C(c3cccc(Cl)c3Cl)C12)CCCC4. The van der Waals surface area contributed by atoms with Crippen LogP contribution < -0.4 is 21.3 Å². The predicted molar refractivity (Wildman–Crippen MR) is 107 cm³/mol. The number of nitrogen functional groups attached to an aromatic ring is 1. The zero-order chi connectivity index (χ0) is 18.7. The summed E-state index contributed by atoms with van der Waals surface area (Å²) < 4.78 is 6.25. The number of hydrazine groups is 1. The van der Waals surface area contributed by atoms with Gasteiger partial charge in [-0.3, -0.25) is 5.43 Å². The molecule has 0 bridgehead atoms. The van der Waals surface area contributed by atoms with Crippen molar-refractivity contribution in [3.63, 3.8) is 0 Å². The van der Waals surface area contributed by atoms with Gasteiger partial charge in [-0.25, -0.2) is 10.4 Å². The molecular weight excluding hydrogens is 383 g/mol. The monoisotopic (exact) mass is 404 g/mol. The predicted octanol–water partition coefficient (Wildman–Crippen LogP) is 3.81. The number of benzene rings is 1. The van der Waals surface area contributed by atoms with E-state index in [-0.39, 0.29) is 24.1 Å². The molecule has 0 radical (unpaired) electrons. The first-order valence-electron chi connectivity index (χ1n) is 9.49. The van der Waals surface area contributed by atoms with Crippen molar-refractivity contribution >= 4 is 28.9 Å². The standard InChI is InChI=1S/C20H22Cl2N4O/c1-9-14-15(11-6-4-7-12(21)17(11)22)16-18(23)10-5-2-3-8-13(10)24-19(16)27-20(14)26-25-9/h4,6-7,9,14-15,20,25-26H,2-3,5,8H2,1H3,(H2,23,24). The second kappa shape index (κ2) is 6.52. The van der Waals surface area contributed by atoms with Crippen LogP contribution in [-0.4, -0.2) is 17.3 Å². The molecule has 0 spiro atoms. The van der Waals surface area contributed by atoms with Crippen molar-refractivity contribution in [2.45, 2.75) is 50.8 Å². The fraction of sp³-hybridized carbons (Fsp3) is 0.450. The van der Waals surface area contributed by atoms with Gasteiger partial charge in [0.1, 0.15) is 0 Å². The first-order chi connectivity index (χ1) is 13.1. The maximum Gasteiger partial charge on any atom is 0.221 e. The summed E-state index contributed by atoms with van der Waals surface area (Å²) in [5, 5.41) is 1.13. The van der Waals surface area contributed by atoms with Crippen LogP contribution in [0.4, 0.5) is 5.69 Å². The Kier molecular flexibility index (Phi) is 4.24. The largest absolute Gasteiger partial charge is 0.457 e. The highest BCUT2D eigenvalue weighted by atomic mass is 35.5. The third-order valence-corrected chi connectivity index (χ3v) is 6.99. The molecular formula is C20H22Cl2N4O. The van der Waals surface area contributed by atoms with E-state index < -0.39 is 0 Å². The van der Waals surface area contributed by atoms with Gasteiger partial charge in [-0.15, -0.1) is 0 Å². The number of fused-ring (bicyclic) bond motifs is 3. The minimum atomic E-state index is -0.193. The van der Waals surface area contributed by atoms with Gasteiger partial charge >= 0.3 is 0 Å². The molecule has 1 aromatic heterocycles. The lowest BCUT2D eigenvalue weighted by Crippen LogP contribution is -2.42. The van der Waals surface area contributed by atoms with E-state index >= 15 is 0 Å². The summed E-state index contributed by atoms with van der Waals surface area (Å²) in [5.74, 6) is 0.709. The molecule has 3 heterocycles. The fourth-order valence-electron chi connectivity index (χ4n) is 4.83. The smallest absolute Gasteiger partial charge is 0.221 e. The number of nitrogens with two attached hydrogens (primary N) is 1. The Morgan fingerprint density at radius 2 is 2.00 bits per heavy atom. The Labute approximate surface area is 168 Å². The van der Waals surface area contributed by atoms with Gasteiger partial charge < -0.3 is 10.5 Å². The number of halogens is 2. The third-order valence-electron chi connectivity index (χ3n) is 6.15. The van der Waals surface area contributed by atoms with E-state index in [0.29, 0.717) is 15.9 Å². The quantitative estimate of drug-likeness (QED) is 0.673. The summed E-state index contributed by atoms with van der Waals surface area (Å²) in [7, 11) is 0. The van der Waals surface area contributed by atoms with Crippen molar-refractivity contribution in [1.29, 1.82) is 0 Å². The lowest BCUT2D eigenvalue weighted by molar-refractivity contribution is 0.0967. The lowest BCUT2D eigenvalue weighted by atomic mass is 9.74. The molecule has 7 heteroatoms. The molecule has 1 fully saturated rings. The van der Waals surface area contributed by atoms with E-state index in [1.165, 1.54) is 5.56 Å². The van der Waals surface area contributed by atoms with Crippen LogP contribution in [-0.2, 0) is 12.8 Å². The number of pyridine rings is 1. The maximum atomic E-state index is 6.73. The number of aryl methyl sites for hydroxylation is 1. The van der Waals surface area contributed by atoms with Crippen molar-refractivity contribution in [2.75, 3.05) is 5.73 Å². The van der Waals surface area contributed by atoms with E-state index in [0.717, 1.165) is 48.2 Å². The Balaban J connectivity index is 1.76. The third kappa shape index (κ3) is 2.64. The summed E-state index contributed by atoms with van der Waals surface area (Å²) in [6.07, 6.45) is 4.02. The van der Waals surface area contributed by atoms with Crippen LogP contribution in [0.3, 0.4) is 0 Å². The van der Waals surface area contributed by atoms with E-state index in [9.17, 15) is 0 Å². The van der Waals surface area contributed by atoms with Gasteiger partial charge in [0.25, 0.3) is 0 Å². The Hall–Kier alpha value is -1.53. The van der Waals surface area contributed by atoms with Crippen LogP contribution >= 0.6 is 23.2 Å². The fourth-order valence-corrected chi connectivity index (χ4v) is 5.26. The molecule has 2 aromatic rings. The second-order valence-electron chi connectivity index (χ2n) is 7.69. The molecule has 1 saturated heterocycles. The average Bonchev–Trinajstić information content (AvgIpc) is 3.03. The Morgan fingerprint density at radius 1 is 1.19 bits per heavy atom. The summed E-state index contributed by atoms with van der Waals surface area (Å²) in [6.45, 7) is 2.14. The average molecular weight is 405 g/mol. The van der Waals surface area contributed by atoms with Gasteiger partial charge in [0.15, 0.2) is 6.23 Å². The van der Waals surface area contributed by atoms with Gasteiger partial charge in [-0.2, -0.15) is 0 Å². The maximum absolute atomic E-state index is 6.73. The minimum absolute atomic E-state index is 0.0397. The molecule has 2 aliphatic heterocycles. The number of aromatic nitrogens is 1. The summed E-state index contributed by atoms with van der Waals surface area (Å²) in [5.41, 5.74) is 18.3. The molecule has 0 saturated carbocycles. The summed E-state index contributed by atoms with van der Waals surface area (Å²) in [6, 6.07) is 5.97. The molecule has 5 nitrogen and oxygen atoms in total. The van der Waals surface area contributed by atoms with Gasteiger partial charge in [-0.05, 0) is 49.8 Å². The number of hydrogen-bond donors (Lipinski definition) is 3. The van der Waals surface area contributed by atoms with Crippen LogP contribution in [0.5, 0.6) is 5.88 Å². The molecule has 3 aliphatic rings. The molecule has 0 amide bonds. The second-order valence-corrected chi connectivity index (χ2v) is 8.48. The van der Waals surface area contributed by atoms with E-state index in [1.54, 1.807) is 0 Å². The van der Waals surface area contributed by atoms with E-state index in [1.807, 2.05) is 18.2 Å². The first-order valence-corrected chi connectivity index (χ1v) is 10.2. The lowest BCUT2D eigenvalue weighted by Gasteiger charge is -2.38. The van der Waals surface area contributed by atoms with Crippen LogP contribution in [0, 0.1) is 5.92 Å². The van der Waals surface area contributed by atoms with Crippen molar-refractivity contribution in [3.8, 4) is 5.88 Å². The molecule has 1 aromatic carbocycles. The van der Waals surface area contributed by atoms with E-state index in [2.05, 4.69) is 17.8 Å². The summed E-state index contributed by atoms with van der Waals surface area (Å²) >= 11 is 13.0. The van der Waals surface area contributed by atoms with Crippen molar-refractivity contribution < 1.29 is 4.74 Å². The molecule has 142 valence electrons.